The fourth-order valence-electron chi connectivity index (χ4n) is 1.92. The van der Waals surface area contributed by atoms with Crippen molar-refractivity contribution in [2.45, 2.75) is 31.6 Å². The molecule has 0 amide bonds. The molecule has 0 saturated heterocycles. The summed E-state index contributed by atoms with van der Waals surface area (Å²) in [6.07, 6.45) is 3.79. The van der Waals surface area contributed by atoms with Crippen LogP contribution in [-0.4, -0.2) is 41.9 Å². The third kappa shape index (κ3) is 4.90. The van der Waals surface area contributed by atoms with Crippen molar-refractivity contribution in [3.63, 3.8) is 0 Å². The van der Waals surface area contributed by atoms with Gasteiger partial charge in [0.1, 0.15) is 0 Å². The summed E-state index contributed by atoms with van der Waals surface area (Å²) in [4.78, 5) is 2.46. The van der Waals surface area contributed by atoms with Gasteiger partial charge in [-0.05, 0) is 50.3 Å². The Balaban J connectivity index is 1.91. The first kappa shape index (κ1) is 12.7. The molecule has 0 heterocycles. The Morgan fingerprint density at radius 1 is 1.43 bits per heavy atom. The van der Waals surface area contributed by atoms with Crippen molar-refractivity contribution >= 4 is 23.4 Å². The van der Waals surface area contributed by atoms with Crippen molar-refractivity contribution in [1.29, 1.82) is 0 Å². The number of hydrogen-bond acceptors (Lipinski definition) is 2. The minimum absolute atomic E-state index is 0.476. The summed E-state index contributed by atoms with van der Waals surface area (Å²) in [5.41, 5.74) is 0. The molecule has 1 fully saturated rings. The first-order chi connectivity index (χ1) is 6.72. The summed E-state index contributed by atoms with van der Waals surface area (Å²) in [5.74, 6) is 3.44. The molecule has 0 N–H and O–H groups in total. The van der Waals surface area contributed by atoms with Crippen molar-refractivity contribution in [2.24, 2.45) is 5.92 Å². The van der Waals surface area contributed by atoms with Crippen LogP contribution in [0.2, 0.25) is 0 Å². The number of nitrogens with zero attached hydrogens (tertiary/aromatic N) is 1. The predicted molar refractivity (Wildman–Crippen MR) is 67.5 cm³/mol. The molecule has 0 aliphatic heterocycles. The fourth-order valence-corrected chi connectivity index (χ4v) is 3.04. The van der Waals surface area contributed by atoms with Gasteiger partial charge < -0.3 is 4.90 Å². The molecule has 0 aromatic carbocycles. The zero-order chi connectivity index (χ0) is 10.4. The van der Waals surface area contributed by atoms with Crippen LogP contribution in [0.4, 0.5) is 0 Å². The van der Waals surface area contributed by atoms with E-state index in [0.717, 1.165) is 5.92 Å². The van der Waals surface area contributed by atoms with Crippen LogP contribution in [0.15, 0.2) is 0 Å². The molecular formula is C11H22ClNS. The molecule has 0 atom stereocenters. The topological polar surface area (TPSA) is 3.24 Å². The third-order valence-corrected chi connectivity index (χ3v) is 4.12. The molecule has 0 unspecified atom stereocenters. The first-order valence-electron chi connectivity index (χ1n) is 5.62. The quantitative estimate of drug-likeness (QED) is 0.493. The summed E-state index contributed by atoms with van der Waals surface area (Å²) in [7, 11) is 2.23. The van der Waals surface area contributed by atoms with Gasteiger partial charge in [-0.15, -0.1) is 11.6 Å². The highest BCUT2D eigenvalue weighted by Crippen LogP contribution is 2.32. The highest BCUT2D eigenvalue weighted by atomic mass is 35.5. The van der Waals surface area contributed by atoms with E-state index in [1.54, 1.807) is 0 Å². The Bertz CT molecular complexity index is 148. The second-order valence-electron chi connectivity index (χ2n) is 4.25. The van der Waals surface area contributed by atoms with Crippen LogP contribution in [-0.2, 0) is 0 Å². The Labute approximate surface area is 97.6 Å². The normalized spacial score (nSPS) is 26.6. The number of halogens is 1. The Kier molecular flexibility index (Phi) is 6.31. The van der Waals surface area contributed by atoms with Crippen molar-refractivity contribution in [3.05, 3.63) is 0 Å². The van der Waals surface area contributed by atoms with Crippen molar-refractivity contribution in [1.82, 2.24) is 4.90 Å². The maximum absolute atomic E-state index is 5.95. The summed E-state index contributed by atoms with van der Waals surface area (Å²) >= 11 is 7.99. The number of hydrogen-bond donors (Lipinski definition) is 0. The van der Waals surface area contributed by atoms with E-state index in [4.69, 9.17) is 11.6 Å². The van der Waals surface area contributed by atoms with E-state index < -0.39 is 0 Å². The van der Waals surface area contributed by atoms with Gasteiger partial charge in [0.15, 0.2) is 0 Å². The summed E-state index contributed by atoms with van der Waals surface area (Å²) < 4.78 is 0. The Hall–Kier alpha value is 0.600. The first-order valence-corrected chi connectivity index (χ1v) is 7.21. The molecule has 0 spiro atoms. The van der Waals surface area contributed by atoms with Crippen molar-refractivity contribution < 1.29 is 0 Å². The predicted octanol–water partition coefficient (Wildman–Crippen LogP) is 3.08. The Morgan fingerprint density at radius 3 is 2.71 bits per heavy atom. The van der Waals surface area contributed by atoms with Gasteiger partial charge in [-0.25, -0.2) is 0 Å². The van der Waals surface area contributed by atoms with E-state index in [9.17, 15) is 0 Å². The molecule has 0 radical (unpaired) electrons. The van der Waals surface area contributed by atoms with Crippen LogP contribution in [0.1, 0.15) is 26.2 Å². The molecule has 1 nitrogen and oxygen atoms in total. The smallest absolute Gasteiger partial charge is 0.0342 e. The van der Waals surface area contributed by atoms with E-state index in [0.29, 0.717) is 5.38 Å². The van der Waals surface area contributed by atoms with Gasteiger partial charge >= 0.3 is 0 Å². The number of rotatable bonds is 7. The van der Waals surface area contributed by atoms with E-state index in [2.05, 4.69) is 18.9 Å². The van der Waals surface area contributed by atoms with Gasteiger partial charge in [0.05, 0.1) is 0 Å². The van der Waals surface area contributed by atoms with Crippen LogP contribution in [0.5, 0.6) is 0 Å². The number of thioether (sulfide) groups is 1. The monoisotopic (exact) mass is 235 g/mol. The number of alkyl halides is 1. The van der Waals surface area contributed by atoms with Crippen LogP contribution in [0.25, 0.3) is 0 Å². The van der Waals surface area contributed by atoms with Gasteiger partial charge in [0, 0.05) is 11.9 Å². The molecule has 0 aromatic heterocycles. The molecule has 0 aromatic rings. The van der Waals surface area contributed by atoms with Gasteiger partial charge in [-0.1, -0.05) is 6.92 Å². The maximum atomic E-state index is 5.95. The molecule has 1 aliphatic rings. The molecule has 84 valence electrons. The van der Waals surface area contributed by atoms with E-state index in [1.807, 2.05) is 11.8 Å². The minimum Gasteiger partial charge on any atom is -0.306 e. The highest BCUT2D eigenvalue weighted by Gasteiger charge is 2.27. The van der Waals surface area contributed by atoms with Gasteiger partial charge in [0.2, 0.25) is 0 Å². The third-order valence-electron chi connectivity index (χ3n) is 2.78. The zero-order valence-electron chi connectivity index (χ0n) is 9.34. The Morgan fingerprint density at radius 2 is 2.14 bits per heavy atom. The van der Waals surface area contributed by atoms with Gasteiger partial charge in [-0.2, -0.15) is 11.8 Å². The summed E-state index contributed by atoms with van der Waals surface area (Å²) in [5, 5.41) is 0.476. The SMILES string of the molecule is CCSCCCN(C)CC1CC(Cl)C1. The van der Waals surface area contributed by atoms with E-state index >= 15 is 0 Å². The van der Waals surface area contributed by atoms with E-state index in [1.165, 1.54) is 43.9 Å². The minimum atomic E-state index is 0.476. The molecule has 1 saturated carbocycles. The summed E-state index contributed by atoms with van der Waals surface area (Å²) in [6.45, 7) is 4.72. The lowest BCUT2D eigenvalue weighted by Crippen LogP contribution is -2.35. The second kappa shape index (κ2) is 6.97. The van der Waals surface area contributed by atoms with Crippen LogP contribution in [0.3, 0.4) is 0 Å². The largest absolute Gasteiger partial charge is 0.306 e. The second-order valence-corrected chi connectivity index (χ2v) is 6.26. The molecule has 1 rings (SSSR count). The molecular weight excluding hydrogens is 214 g/mol. The lowest BCUT2D eigenvalue weighted by atomic mass is 9.84. The van der Waals surface area contributed by atoms with Crippen LogP contribution in [0, 0.1) is 5.92 Å². The fraction of sp³-hybridized carbons (Fsp3) is 1.00. The lowest BCUT2D eigenvalue weighted by Gasteiger charge is -2.34. The molecule has 0 bridgehead atoms. The van der Waals surface area contributed by atoms with Crippen LogP contribution < -0.4 is 0 Å². The molecule has 3 heteroatoms. The average molecular weight is 236 g/mol. The maximum Gasteiger partial charge on any atom is 0.0342 e. The van der Waals surface area contributed by atoms with Gasteiger partial charge in [0.25, 0.3) is 0 Å². The highest BCUT2D eigenvalue weighted by molar-refractivity contribution is 7.99. The molecule has 14 heavy (non-hydrogen) atoms. The lowest BCUT2D eigenvalue weighted by molar-refractivity contribution is 0.210. The average Bonchev–Trinajstić information content (AvgIpc) is 2.10. The van der Waals surface area contributed by atoms with E-state index in [-0.39, 0.29) is 0 Å². The zero-order valence-corrected chi connectivity index (χ0v) is 10.9. The standard InChI is InChI=1S/C11H22ClNS/c1-3-14-6-4-5-13(2)9-10-7-11(12)8-10/h10-11H,3-9H2,1-2H3. The van der Waals surface area contributed by atoms with Crippen molar-refractivity contribution in [3.8, 4) is 0 Å². The van der Waals surface area contributed by atoms with Crippen molar-refractivity contribution in [2.75, 3.05) is 31.6 Å². The molecule has 1 aliphatic carbocycles. The summed E-state index contributed by atoms with van der Waals surface area (Å²) in [6, 6.07) is 0. The van der Waals surface area contributed by atoms with Crippen LogP contribution >= 0.6 is 23.4 Å². The van der Waals surface area contributed by atoms with Gasteiger partial charge in [-0.3, -0.25) is 0 Å².